The van der Waals surface area contributed by atoms with Crippen LogP contribution >= 0.6 is 11.3 Å². The first kappa shape index (κ1) is 22.0. The number of hydrogen-bond acceptors (Lipinski definition) is 8. The van der Waals surface area contributed by atoms with Gasteiger partial charge in [0.2, 0.25) is 5.91 Å². The Kier molecular flexibility index (Phi) is 5.60. The number of amides is 1. The van der Waals surface area contributed by atoms with Gasteiger partial charge in [-0.05, 0) is 37.8 Å². The molecular weight excluding hydrogens is 464 g/mol. The molecule has 1 aliphatic carbocycles. The molecule has 1 saturated heterocycles. The summed E-state index contributed by atoms with van der Waals surface area (Å²) in [6.07, 6.45) is 6.63. The number of fused-ring (bicyclic) bond motifs is 4. The number of nitrogens with one attached hydrogen (secondary N) is 2. The SMILES string of the molecule is CCOc1cc2[nH]ncc2cc1Nc1ncnc2sc3c(c12)CC[C@@H](C(=O)N1CCC(=O)CC1)C3. The predicted octanol–water partition coefficient (Wildman–Crippen LogP) is 4.01. The predicted molar refractivity (Wildman–Crippen MR) is 134 cm³/mol. The Bertz CT molecular complexity index is 1430. The number of nitrogens with zero attached hydrogens (tertiary/aromatic N) is 4. The Morgan fingerprint density at radius 2 is 2.11 bits per heavy atom. The fourth-order valence-electron chi connectivity index (χ4n) is 5.12. The summed E-state index contributed by atoms with van der Waals surface area (Å²) in [4.78, 5) is 37.8. The highest BCUT2D eigenvalue weighted by Gasteiger charge is 2.33. The van der Waals surface area contributed by atoms with Gasteiger partial charge < -0.3 is 15.0 Å². The summed E-state index contributed by atoms with van der Waals surface area (Å²) in [5.41, 5.74) is 2.96. The average Bonchev–Trinajstić information content (AvgIpc) is 3.48. The quantitative estimate of drug-likeness (QED) is 0.435. The number of aromatic amines is 1. The summed E-state index contributed by atoms with van der Waals surface area (Å²) in [6, 6.07) is 3.95. The Morgan fingerprint density at radius 1 is 1.26 bits per heavy atom. The van der Waals surface area contributed by atoms with Crippen LogP contribution in [0.2, 0.25) is 0 Å². The van der Waals surface area contributed by atoms with Crippen LogP contribution in [0.5, 0.6) is 5.75 Å². The van der Waals surface area contributed by atoms with Gasteiger partial charge in [-0.25, -0.2) is 9.97 Å². The molecule has 6 rings (SSSR count). The molecule has 4 aromatic rings. The highest BCUT2D eigenvalue weighted by molar-refractivity contribution is 7.19. The number of Topliss-reactive ketones (excluding diaryl/α,β-unsaturated/α-hetero) is 1. The van der Waals surface area contributed by atoms with Crippen molar-refractivity contribution in [2.75, 3.05) is 25.0 Å². The van der Waals surface area contributed by atoms with Gasteiger partial charge in [-0.15, -0.1) is 11.3 Å². The van der Waals surface area contributed by atoms with E-state index in [0.29, 0.717) is 39.0 Å². The number of carbonyl (C=O) groups excluding carboxylic acids is 2. The fraction of sp³-hybridized carbons (Fsp3) is 0.400. The molecule has 4 heterocycles. The van der Waals surface area contributed by atoms with Crippen molar-refractivity contribution in [1.29, 1.82) is 0 Å². The third-order valence-electron chi connectivity index (χ3n) is 6.92. The van der Waals surface area contributed by atoms with Crippen molar-refractivity contribution < 1.29 is 14.3 Å². The molecule has 1 amide bonds. The zero-order chi connectivity index (χ0) is 23.9. The number of rotatable bonds is 5. The number of benzene rings is 1. The van der Waals surface area contributed by atoms with E-state index in [4.69, 9.17) is 4.74 Å². The van der Waals surface area contributed by atoms with Gasteiger partial charge in [0.1, 0.15) is 28.5 Å². The highest BCUT2D eigenvalue weighted by atomic mass is 32.1. The van der Waals surface area contributed by atoms with Gasteiger partial charge in [0.25, 0.3) is 0 Å². The molecule has 180 valence electrons. The molecule has 1 aliphatic heterocycles. The number of ether oxygens (including phenoxy) is 1. The van der Waals surface area contributed by atoms with Crippen molar-refractivity contribution in [2.24, 2.45) is 5.92 Å². The monoisotopic (exact) mass is 490 g/mol. The van der Waals surface area contributed by atoms with Crippen LogP contribution in [0.4, 0.5) is 11.5 Å². The summed E-state index contributed by atoms with van der Waals surface area (Å²) >= 11 is 1.65. The van der Waals surface area contributed by atoms with Crippen molar-refractivity contribution in [2.45, 2.75) is 39.0 Å². The van der Waals surface area contributed by atoms with Gasteiger partial charge in [0.15, 0.2) is 0 Å². The lowest BCUT2D eigenvalue weighted by atomic mass is 9.86. The van der Waals surface area contributed by atoms with Crippen LogP contribution in [0.25, 0.3) is 21.1 Å². The minimum atomic E-state index is -0.0406. The molecule has 2 N–H and O–H groups in total. The van der Waals surface area contributed by atoms with Crippen LogP contribution in [0.3, 0.4) is 0 Å². The molecule has 0 bridgehead atoms. The van der Waals surface area contributed by atoms with E-state index in [1.54, 1.807) is 23.9 Å². The molecule has 35 heavy (non-hydrogen) atoms. The Labute approximate surface area is 205 Å². The zero-order valence-corrected chi connectivity index (χ0v) is 20.3. The molecule has 10 heteroatoms. The van der Waals surface area contributed by atoms with Crippen LogP contribution in [0.1, 0.15) is 36.6 Å². The number of piperidine rings is 1. The first-order valence-corrected chi connectivity index (χ1v) is 12.8. The minimum Gasteiger partial charge on any atom is -0.492 e. The van der Waals surface area contributed by atoms with Crippen molar-refractivity contribution >= 4 is 55.7 Å². The fourth-order valence-corrected chi connectivity index (χ4v) is 6.39. The molecule has 2 aliphatic rings. The topological polar surface area (TPSA) is 113 Å². The van der Waals surface area contributed by atoms with E-state index in [1.807, 2.05) is 24.0 Å². The summed E-state index contributed by atoms with van der Waals surface area (Å²) in [7, 11) is 0. The second kappa shape index (κ2) is 8.92. The number of aryl methyl sites for hydroxylation is 1. The van der Waals surface area contributed by atoms with Crippen molar-refractivity contribution in [3.63, 3.8) is 0 Å². The van der Waals surface area contributed by atoms with Gasteiger partial charge >= 0.3 is 0 Å². The van der Waals surface area contributed by atoms with Gasteiger partial charge in [-0.3, -0.25) is 14.7 Å². The molecule has 9 nitrogen and oxygen atoms in total. The molecular formula is C25H26N6O3S. The molecule has 1 fully saturated rings. The number of likely N-dealkylation sites (tertiary alicyclic amines) is 1. The summed E-state index contributed by atoms with van der Waals surface area (Å²) < 4.78 is 5.88. The van der Waals surface area contributed by atoms with E-state index in [9.17, 15) is 9.59 Å². The van der Waals surface area contributed by atoms with E-state index >= 15 is 0 Å². The van der Waals surface area contributed by atoms with E-state index in [0.717, 1.165) is 51.2 Å². The van der Waals surface area contributed by atoms with Crippen LogP contribution in [0.15, 0.2) is 24.7 Å². The number of H-pyrrole nitrogens is 1. The number of carbonyl (C=O) groups is 2. The van der Waals surface area contributed by atoms with Crippen LogP contribution in [-0.4, -0.2) is 56.5 Å². The van der Waals surface area contributed by atoms with E-state index in [1.165, 1.54) is 10.4 Å². The molecule has 0 saturated carbocycles. The summed E-state index contributed by atoms with van der Waals surface area (Å²) in [5.74, 6) is 1.87. The van der Waals surface area contributed by atoms with E-state index in [-0.39, 0.29) is 17.6 Å². The van der Waals surface area contributed by atoms with Crippen LogP contribution < -0.4 is 10.1 Å². The Hall–Kier alpha value is -3.53. The zero-order valence-electron chi connectivity index (χ0n) is 19.5. The summed E-state index contributed by atoms with van der Waals surface area (Å²) in [5, 5.41) is 12.6. The summed E-state index contributed by atoms with van der Waals surface area (Å²) in [6.45, 7) is 3.60. The second-order valence-corrected chi connectivity index (χ2v) is 10.2. The Balaban J connectivity index is 1.30. The maximum atomic E-state index is 13.1. The van der Waals surface area contributed by atoms with E-state index < -0.39 is 0 Å². The number of anilines is 2. The van der Waals surface area contributed by atoms with Crippen LogP contribution in [-0.2, 0) is 22.4 Å². The number of ketones is 1. The smallest absolute Gasteiger partial charge is 0.226 e. The Morgan fingerprint density at radius 3 is 2.94 bits per heavy atom. The van der Waals surface area contributed by atoms with Gasteiger partial charge in [0.05, 0.1) is 29.4 Å². The average molecular weight is 491 g/mol. The van der Waals surface area contributed by atoms with Gasteiger partial charge in [-0.2, -0.15) is 5.10 Å². The minimum absolute atomic E-state index is 0.0406. The first-order valence-electron chi connectivity index (χ1n) is 12.0. The molecule has 0 unspecified atom stereocenters. The second-order valence-electron chi connectivity index (χ2n) is 9.07. The largest absolute Gasteiger partial charge is 0.492 e. The molecule has 3 aromatic heterocycles. The highest BCUT2D eigenvalue weighted by Crippen LogP contribution is 2.42. The first-order chi connectivity index (χ1) is 17.1. The third kappa shape index (κ3) is 4.01. The van der Waals surface area contributed by atoms with Crippen LogP contribution in [0, 0.1) is 5.92 Å². The molecule has 1 aromatic carbocycles. The van der Waals surface area contributed by atoms with E-state index in [2.05, 4.69) is 25.5 Å². The third-order valence-corrected chi connectivity index (χ3v) is 8.08. The molecule has 1 atom stereocenters. The van der Waals surface area contributed by atoms with Gasteiger partial charge in [-0.1, -0.05) is 0 Å². The molecule has 0 radical (unpaired) electrons. The lowest BCUT2D eigenvalue weighted by Gasteiger charge is -2.31. The maximum Gasteiger partial charge on any atom is 0.226 e. The normalized spacial score (nSPS) is 18.1. The van der Waals surface area contributed by atoms with Gasteiger partial charge in [0, 0.05) is 48.2 Å². The standard InChI is InChI=1S/C25H26N6O3S/c1-2-34-20-11-18-15(12-28-30-18)9-19(20)29-23-22-17-4-3-14(10-21(17)35-24(22)27-13-26-23)25(33)31-7-5-16(32)6-8-31/h9,11-14H,2-8,10H2,1H3,(H,28,30)(H,26,27,29)/t14-/m1/s1. The lowest BCUT2D eigenvalue weighted by Crippen LogP contribution is -2.43. The lowest BCUT2D eigenvalue weighted by molar-refractivity contribution is -0.138. The number of hydrogen-bond donors (Lipinski definition) is 2. The van der Waals surface area contributed by atoms with Crippen molar-refractivity contribution in [3.05, 3.63) is 35.1 Å². The van der Waals surface area contributed by atoms with Crippen molar-refractivity contribution in [3.8, 4) is 5.75 Å². The number of thiophene rings is 1. The van der Waals surface area contributed by atoms with Crippen molar-refractivity contribution in [1.82, 2.24) is 25.1 Å². The maximum absolute atomic E-state index is 13.1. The molecule has 0 spiro atoms. The number of aromatic nitrogens is 4.